The molecule has 0 saturated carbocycles. The van der Waals surface area contributed by atoms with Gasteiger partial charge in [0.15, 0.2) is 11.6 Å². The van der Waals surface area contributed by atoms with E-state index in [0.717, 1.165) is 5.39 Å². The number of nitrogens with zero attached hydrogens (tertiary/aromatic N) is 3. The van der Waals surface area contributed by atoms with Crippen molar-refractivity contribution in [1.82, 2.24) is 15.2 Å². The molecule has 0 aliphatic rings. The van der Waals surface area contributed by atoms with Gasteiger partial charge in [0.2, 0.25) is 0 Å². The molecule has 2 aromatic heterocycles. The van der Waals surface area contributed by atoms with Crippen LogP contribution in [0.25, 0.3) is 10.9 Å². The minimum absolute atomic E-state index is 0.305. The molecule has 0 fully saturated rings. The Morgan fingerprint density at radius 1 is 1.08 bits per heavy atom. The van der Waals surface area contributed by atoms with Crippen LogP contribution in [0.2, 0.25) is 0 Å². The van der Waals surface area contributed by atoms with Crippen molar-refractivity contribution in [3.8, 4) is 0 Å². The molecule has 4 N–H and O–H groups in total. The van der Waals surface area contributed by atoms with Crippen molar-refractivity contribution in [2.24, 2.45) is 0 Å². The van der Waals surface area contributed by atoms with Crippen molar-refractivity contribution in [2.45, 2.75) is 0 Å². The van der Waals surface area contributed by atoms with E-state index in [9.17, 15) is 0 Å². The number of rotatable bonds is 0. The minimum Gasteiger partial charge on any atom is -0.382 e. The van der Waals surface area contributed by atoms with E-state index >= 15 is 0 Å². The van der Waals surface area contributed by atoms with Gasteiger partial charge in [0.1, 0.15) is 5.52 Å². The molecule has 0 radical (unpaired) electrons. The molecule has 0 atom stereocenters. The number of hydrogen-bond acceptors (Lipinski definition) is 5. The standard InChI is InChI=1S/C7H7N5/c8-6-4-2-1-3-10-5(4)7(9)12-11-6/h1-3H,(H2,8,11)(H2,9,12). The van der Waals surface area contributed by atoms with Crippen LogP contribution in [0.1, 0.15) is 0 Å². The summed E-state index contributed by atoms with van der Waals surface area (Å²) in [6.07, 6.45) is 1.64. The zero-order valence-electron chi connectivity index (χ0n) is 6.23. The average Bonchev–Trinajstić information content (AvgIpc) is 2.12. The molecule has 0 unspecified atom stereocenters. The van der Waals surface area contributed by atoms with Crippen LogP contribution in [0, 0.1) is 0 Å². The fourth-order valence-electron chi connectivity index (χ4n) is 1.03. The van der Waals surface area contributed by atoms with E-state index in [4.69, 9.17) is 11.5 Å². The van der Waals surface area contributed by atoms with E-state index < -0.39 is 0 Å². The summed E-state index contributed by atoms with van der Waals surface area (Å²) in [7, 11) is 0. The Bertz CT molecular complexity index is 385. The maximum Gasteiger partial charge on any atom is 0.172 e. The monoisotopic (exact) mass is 161 g/mol. The average molecular weight is 161 g/mol. The quantitative estimate of drug-likeness (QED) is 0.575. The molecule has 5 heteroatoms. The third-order valence-corrected chi connectivity index (χ3v) is 1.59. The van der Waals surface area contributed by atoms with Gasteiger partial charge in [-0.15, -0.1) is 10.2 Å². The molecule has 5 nitrogen and oxygen atoms in total. The Morgan fingerprint density at radius 3 is 2.58 bits per heavy atom. The first-order chi connectivity index (χ1) is 5.79. The van der Waals surface area contributed by atoms with Gasteiger partial charge in [-0.05, 0) is 12.1 Å². The van der Waals surface area contributed by atoms with Crippen LogP contribution in [0.5, 0.6) is 0 Å². The van der Waals surface area contributed by atoms with E-state index in [0.29, 0.717) is 17.2 Å². The third-order valence-electron chi connectivity index (χ3n) is 1.59. The molecule has 2 aromatic rings. The predicted octanol–water partition coefficient (Wildman–Crippen LogP) is 0.189. The first kappa shape index (κ1) is 6.78. The molecule has 0 saturated heterocycles. The Morgan fingerprint density at radius 2 is 1.83 bits per heavy atom. The van der Waals surface area contributed by atoms with Crippen molar-refractivity contribution in [2.75, 3.05) is 11.5 Å². The summed E-state index contributed by atoms with van der Waals surface area (Å²) < 4.78 is 0. The fourth-order valence-corrected chi connectivity index (χ4v) is 1.03. The van der Waals surface area contributed by atoms with Crippen molar-refractivity contribution < 1.29 is 0 Å². The summed E-state index contributed by atoms with van der Waals surface area (Å²) in [5.41, 5.74) is 11.7. The zero-order chi connectivity index (χ0) is 8.55. The summed E-state index contributed by atoms with van der Waals surface area (Å²) in [4.78, 5) is 4.03. The first-order valence-electron chi connectivity index (χ1n) is 3.41. The number of anilines is 2. The van der Waals surface area contributed by atoms with Crippen LogP contribution < -0.4 is 11.5 Å². The second kappa shape index (κ2) is 2.30. The van der Waals surface area contributed by atoms with Gasteiger partial charge in [-0.1, -0.05) is 0 Å². The SMILES string of the molecule is Nc1nnc(N)c2ncccc12. The molecule has 2 rings (SSSR count). The normalized spacial score (nSPS) is 10.3. The number of hydrogen-bond donors (Lipinski definition) is 2. The highest BCUT2D eigenvalue weighted by atomic mass is 15.2. The zero-order valence-corrected chi connectivity index (χ0v) is 6.23. The molecule has 0 spiro atoms. The van der Waals surface area contributed by atoms with E-state index in [1.165, 1.54) is 0 Å². The lowest BCUT2D eigenvalue weighted by Gasteiger charge is -1.99. The molecule has 12 heavy (non-hydrogen) atoms. The maximum absolute atomic E-state index is 5.56. The lowest BCUT2D eigenvalue weighted by atomic mass is 10.3. The molecule has 2 heterocycles. The van der Waals surface area contributed by atoms with Gasteiger partial charge in [0.25, 0.3) is 0 Å². The Labute approximate surface area is 68.4 Å². The Kier molecular flexibility index (Phi) is 1.30. The highest BCUT2D eigenvalue weighted by Gasteiger charge is 2.03. The summed E-state index contributed by atoms with van der Waals surface area (Å²) in [6, 6.07) is 3.59. The van der Waals surface area contributed by atoms with Crippen molar-refractivity contribution in [3.05, 3.63) is 18.3 Å². The number of nitrogens with two attached hydrogens (primary N) is 2. The van der Waals surface area contributed by atoms with Gasteiger partial charge < -0.3 is 11.5 Å². The van der Waals surface area contributed by atoms with Crippen molar-refractivity contribution in [3.63, 3.8) is 0 Å². The number of fused-ring (bicyclic) bond motifs is 1. The van der Waals surface area contributed by atoms with Crippen molar-refractivity contribution >= 4 is 22.5 Å². The fraction of sp³-hybridized carbons (Fsp3) is 0. The molecule has 0 bridgehead atoms. The summed E-state index contributed by atoms with van der Waals surface area (Å²) >= 11 is 0. The second-order valence-electron chi connectivity index (χ2n) is 2.37. The van der Waals surface area contributed by atoms with E-state index in [1.807, 2.05) is 6.07 Å². The van der Waals surface area contributed by atoms with E-state index in [-0.39, 0.29) is 0 Å². The molecular formula is C7H7N5. The predicted molar refractivity (Wildman–Crippen MR) is 46.2 cm³/mol. The molecular weight excluding hydrogens is 154 g/mol. The molecule has 0 aliphatic carbocycles. The highest BCUT2D eigenvalue weighted by Crippen LogP contribution is 2.18. The number of aromatic nitrogens is 3. The topological polar surface area (TPSA) is 90.7 Å². The largest absolute Gasteiger partial charge is 0.382 e. The minimum atomic E-state index is 0.305. The molecule has 60 valence electrons. The van der Waals surface area contributed by atoms with E-state index in [2.05, 4.69) is 15.2 Å². The lowest BCUT2D eigenvalue weighted by molar-refractivity contribution is 1.06. The van der Waals surface area contributed by atoms with Crippen LogP contribution in [0.3, 0.4) is 0 Å². The second-order valence-corrected chi connectivity index (χ2v) is 2.37. The number of nitrogen functional groups attached to an aromatic ring is 2. The van der Waals surface area contributed by atoms with Gasteiger partial charge in [-0.3, -0.25) is 4.98 Å². The lowest BCUT2D eigenvalue weighted by Crippen LogP contribution is -2.00. The maximum atomic E-state index is 5.56. The molecule has 0 aromatic carbocycles. The Balaban J connectivity index is 2.95. The van der Waals surface area contributed by atoms with Gasteiger partial charge >= 0.3 is 0 Å². The van der Waals surface area contributed by atoms with Crippen LogP contribution in [-0.2, 0) is 0 Å². The van der Waals surface area contributed by atoms with Crippen molar-refractivity contribution in [1.29, 1.82) is 0 Å². The van der Waals surface area contributed by atoms with Crippen LogP contribution in [-0.4, -0.2) is 15.2 Å². The smallest absolute Gasteiger partial charge is 0.172 e. The first-order valence-corrected chi connectivity index (χ1v) is 3.41. The summed E-state index contributed by atoms with van der Waals surface area (Å²) in [5, 5.41) is 8.06. The molecule has 0 amide bonds. The van der Waals surface area contributed by atoms with Gasteiger partial charge in [0, 0.05) is 11.6 Å². The summed E-state index contributed by atoms with van der Waals surface area (Å²) in [5.74, 6) is 0.659. The number of pyridine rings is 1. The van der Waals surface area contributed by atoms with Gasteiger partial charge in [-0.25, -0.2) is 0 Å². The van der Waals surface area contributed by atoms with E-state index in [1.54, 1.807) is 12.3 Å². The van der Waals surface area contributed by atoms with Crippen LogP contribution in [0.4, 0.5) is 11.6 Å². The summed E-state index contributed by atoms with van der Waals surface area (Å²) in [6.45, 7) is 0. The van der Waals surface area contributed by atoms with Gasteiger partial charge in [-0.2, -0.15) is 0 Å². The molecule has 0 aliphatic heterocycles. The van der Waals surface area contributed by atoms with Crippen LogP contribution >= 0.6 is 0 Å². The van der Waals surface area contributed by atoms with Crippen LogP contribution in [0.15, 0.2) is 18.3 Å². The van der Waals surface area contributed by atoms with Gasteiger partial charge in [0.05, 0.1) is 0 Å². The Hall–Kier alpha value is -1.91. The highest BCUT2D eigenvalue weighted by molar-refractivity contribution is 5.93. The third kappa shape index (κ3) is 0.833.